The molecule has 106 valence electrons. The molecule has 0 radical (unpaired) electrons. The fourth-order valence-corrected chi connectivity index (χ4v) is 4.45. The molecule has 2 aromatic rings. The zero-order chi connectivity index (χ0) is 14.4. The van der Waals surface area contributed by atoms with Crippen LogP contribution in [-0.2, 0) is 11.9 Å². The van der Waals surface area contributed by atoms with Crippen molar-refractivity contribution >= 4 is 31.4 Å². The lowest BCUT2D eigenvalue weighted by atomic mass is 10.3. The average Bonchev–Trinajstić information content (AvgIpc) is 2.44. The van der Waals surface area contributed by atoms with Gasteiger partial charge in [0, 0.05) is 30.5 Å². The standard InChI is InChI=1S/C11H8F3N3S3/c12-11(13,14)8-1-2-10(17-5-8)19-20-18-7-9-6-15-3-4-16-9/h1-6H,7H2. The topological polar surface area (TPSA) is 38.7 Å². The lowest BCUT2D eigenvalue weighted by molar-refractivity contribution is -0.137. The maximum Gasteiger partial charge on any atom is 0.417 e. The van der Waals surface area contributed by atoms with Gasteiger partial charge < -0.3 is 0 Å². The lowest BCUT2D eigenvalue weighted by Crippen LogP contribution is -2.04. The molecule has 0 aliphatic carbocycles. The molecule has 0 saturated carbocycles. The predicted molar refractivity (Wildman–Crippen MR) is 76.0 cm³/mol. The number of aromatic nitrogens is 3. The molecule has 2 aromatic heterocycles. The van der Waals surface area contributed by atoms with E-state index in [0.29, 0.717) is 10.8 Å². The zero-order valence-corrected chi connectivity index (χ0v) is 12.3. The summed E-state index contributed by atoms with van der Waals surface area (Å²) in [4.78, 5) is 11.8. The number of hydrogen-bond donors (Lipinski definition) is 0. The number of rotatable bonds is 5. The first-order valence-corrected chi connectivity index (χ1v) is 8.95. The van der Waals surface area contributed by atoms with Crippen LogP contribution in [0.25, 0.3) is 0 Å². The number of nitrogens with zero attached hydrogens (tertiary/aromatic N) is 3. The van der Waals surface area contributed by atoms with E-state index in [4.69, 9.17) is 0 Å². The molecule has 0 aromatic carbocycles. The molecule has 3 nitrogen and oxygen atoms in total. The third kappa shape index (κ3) is 4.88. The van der Waals surface area contributed by atoms with Crippen molar-refractivity contribution in [2.24, 2.45) is 0 Å². The van der Waals surface area contributed by atoms with Crippen LogP contribution in [-0.4, -0.2) is 15.0 Å². The smallest absolute Gasteiger partial charge is 0.261 e. The summed E-state index contributed by atoms with van der Waals surface area (Å²) in [5, 5.41) is 0.537. The van der Waals surface area contributed by atoms with Crippen LogP contribution in [0.15, 0.2) is 41.9 Å². The van der Waals surface area contributed by atoms with Crippen molar-refractivity contribution in [3.8, 4) is 0 Å². The van der Waals surface area contributed by atoms with E-state index in [1.165, 1.54) is 37.5 Å². The van der Waals surface area contributed by atoms with E-state index in [1.54, 1.807) is 18.6 Å². The Morgan fingerprint density at radius 2 is 1.90 bits per heavy atom. The van der Waals surface area contributed by atoms with Crippen LogP contribution < -0.4 is 0 Å². The maximum atomic E-state index is 12.3. The van der Waals surface area contributed by atoms with Gasteiger partial charge in [0.2, 0.25) is 0 Å². The van der Waals surface area contributed by atoms with E-state index >= 15 is 0 Å². The van der Waals surface area contributed by atoms with Gasteiger partial charge in [-0.3, -0.25) is 9.97 Å². The van der Waals surface area contributed by atoms with Crippen molar-refractivity contribution in [1.82, 2.24) is 15.0 Å². The number of pyridine rings is 1. The Labute approximate surface area is 125 Å². The van der Waals surface area contributed by atoms with Crippen molar-refractivity contribution in [1.29, 1.82) is 0 Å². The third-order valence-corrected chi connectivity index (χ3v) is 5.88. The highest BCUT2D eigenvalue weighted by molar-refractivity contribution is 9.09. The third-order valence-electron chi connectivity index (χ3n) is 2.05. The molecule has 20 heavy (non-hydrogen) atoms. The Hall–Kier alpha value is -0.930. The summed E-state index contributed by atoms with van der Waals surface area (Å²) in [5.41, 5.74) is 0.116. The number of hydrogen-bond acceptors (Lipinski definition) is 6. The molecule has 0 spiro atoms. The molecule has 0 aliphatic rings. The summed E-state index contributed by atoms with van der Waals surface area (Å²) in [7, 11) is 4.27. The molecule has 0 atom stereocenters. The van der Waals surface area contributed by atoms with Gasteiger partial charge in [-0.05, 0) is 32.8 Å². The van der Waals surface area contributed by atoms with Crippen LogP contribution >= 0.6 is 31.4 Å². The van der Waals surface area contributed by atoms with Gasteiger partial charge in [-0.25, -0.2) is 4.98 Å². The van der Waals surface area contributed by atoms with Crippen LogP contribution in [0.5, 0.6) is 0 Å². The summed E-state index contributed by atoms with van der Waals surface area (Å²) in [6, 6.07) is 2.40. The fraction of sp³-hybridized carbons (Fsp3) is 0.182. The molecule has 0 unspecified atom stereocenters. The highest BCUT2D eigenvalue weighted by Gasteiger charge is 2.30. The van der Waals surface area contributed by atoms with Crippen LogP contribution in [0.4, 0.5) is 13.2 Å². The molecule has 0 bridgehead atoms. The van der Waals surface area contributed by atoms with E-state index in [9.17, 15) is 13.2 Å². The minimum atomic E-state index is -4.34. The predicted octanol–water partition coefficient (Wildman–Crippen LogP) is 4.48. The van der Waals surface area contributed by atoms with Gasteiger partial charge in [0.25, 0.3) is 0 Å². The van der Waals surface area contributed by atoms with E-state index in [-0.39, 0.29) is 0 Å². The first kappa shape index (κ1) is 15.5. The van der Waals surface area contributed by atoms with Gasteiger partial charge >= 0.3 is 6.18 Å². The minimum absolute atomic E-state index is 0.537. The normalized spacial score (nSPS) is 11.6. The van der Waals surface area contributed by atoms with Gasteiger partial charge in [0.05, 0.1) is 11.3 Å². The van der Waals surface area contributed by atoms with Crippen molar-refractivity contribution < 1.29 is 13.2 Å². The zero-order valence-electron chi connectivity index (χ0n) is 9.87. The molecule has 0 saturated heterocycles. The molecule has 0 N–H and O–H groups in total. The van der Waals surface area contributed by atoms with Gasteiger partial charge in [0.1, 0.15) is 5.03 Å². The molecular weight excluding hydrogens is 327 g/mol. The van der Waals surface area contributed by atoms with E-state index < -0.39 is 11.7 Å². The highest BCUT2D eigenvalue weighted by atomic mass is 33.5. The van der Waals surface area contributed by atoms with Crippen molar-refractivity contribution in [2.75, 3.05) is 0 Å². The maximum absolute atomic E-state index is 12.3. The molecule has 9 heteroatoms. The van der Waals surface area contributed by atoms with Gasteiger partial charge in [-0.2, -0.15) is 13.2 Å². The summed E-state index contributed by atoms with van der Waals surface area (Å²) in [6.45, 7) is 0. The van der Waals surface area contributed by atoms with Crippen molar-refractivity contribution in [2.45, 2.75) is 17.0 Å². The molecule has 0 amide bonds. The SMILES string of the molecule is FC(F)(F)c1ccc(SSSCc2cnccn2)nc1. The summed E-state index contributed by atoms with van der Waals surface area (Å²) in [6.07, 6.45) is 1.39. The molecule has 0 fully saturated rings. The Balaban J connectivity index is 1.77. The molecular formula is C11H8F3N3S3. The lowest BCUT2D eigenvalue weighted by Gasteiger charge is -2.06. The van der Waals surface area contributed by atoms with Crippen molar-refractivity contribution in [3.05, 3.63) is 48.2 Å². The quantitative estimate of drug-likeness (QED) is 0.592. The van der Waals surface area contributed by atoms with Crippen LogP contribution in [0, 0.1) is 0 Å². The second-order valence-electron chi connectivity index (χ2n) is 3.49. The number of halogens is 3. The van der Waals surface area contributed by atoms with Crippen LogP contribution in [0.2, 0.25) is 0 Å². The van der Waals surface area contributed by atoms with Crippen molar-refractivity contribution in [3.63, 3.8) is 0 Å². The minimum Gasteiger partial charge on any atom is -0.261 e. The van der Waals surface area contributed by atoms with Gasteiger partial charge in [-0.15, -0.1) is 0 Å². The Bertz CT molecular complexity index is 534. The average molecular weight is 335 g/mol. The first-order valence-electron chi connectivity index (χ1n) is 5.30. The Morgan fingerprint density at radius 3 is 2.50 bits per heavy atom. The fourth-order valence-electron chi connectivity index (χ4n) is 1.15. The molecule has 2 heterocycles. The van der Waals surface area contributed by atoms with Gasteiger partial charge in [-0.1, -0.05) is 10.8 Å². The summed E-state index contributed by atoms with van der Waals surface area (Å²) >= 11 is 0. The van der Waals surface area contributed by atoms with Gasteiger partial charge in [0.15, 0.2) is 0 Å². The molecule has 0 aliphatic heterocycles. The largest absolute Gasteiger partial charge is 0.417 e. The second kappa shape index (κ2) is 7.19. The highest BCUT2D eigenvalue weighted by Crippen LogP contribution is 2.41. The second-order valence-corrected chi connectivity index (χ2v) is 7.58. The van der Waals surface area contributed by atoms with E-state index in [2.05, 4.69) is 15.0 Å². The monoisotopic (exact) mass is 335 g/mol. The Morgan fingerprint density at radius 1 is 1.05 bits per heavy atom. The first-order chi connectivity index (χ1) is 9.55. The summed E-state index contributed by atoms with van der Waals surface area (Å²) in [5.74, 6) is 0.673. The van der Waals surface area contributed by atoms with Crippen LogP contribution in [0.3, 0.4) is 0 Å². The van der Waals surface area contributed by atoms with E-state index in [0.717, 1.165) is 18.0 Å². The van der Waals surface area contributed by atoms with E-state index in [1.807, 2.05) is 0 Å². The number of alkyl halides is 3. The molecule has 2 rings (SSSR count). The Kier molecular flexibility index (Phi) is 5.55. The van der Waals surface area contributed by atoms with Crippen LogP contribution in [0.1, 0.15) is 11.3 Å². The summed E-state index contributed by atoms with van der Waals surface area (Å²) < 4.78 is 37.0.